The number of rotatable bonds is 1. The number of alkyl halides is 3. The van der Waals surface area contributed by atoms with Gasteiger partial charge in [-0.2, -0.15) is 18.3 Å². The minimum absolute atomic E-state index is 0.164. The van der Waals surface area contributed by atoms with Crippen molar-refractivity contribution < 1.29 is 22.3 Å². The number of aromatic nitrogens is 2. The van der Waals surface area contributed by atoms with Crippen molar-refractivity contribution in [3.05, 3.63) is 40.8 Å². The van der Waals surface area contributed by atoms with E-state index in [0.29, 0.717) is 24.7 Å². The van der Waals surface area contributed by atoms with Gasteiger partial charge < -0.3 is 4.74 Å². The maximum Gasteiger partial charge on any atom is 0.416 e. The van der Waals surface area contributed by atoms with Gasteiger partial charge in [-0.3, -0.25) is 5.10 Å². The Kier molecular flexibility index (Phi) is 3.01. The second-order valence-electron chi connectivity index (χ2n) is 4.52. The minimum Gasteiger partial charge on any atom is -0.376 e. The Bertz CT molecular complexity index is 648. The summed E-state index contributed by atoms with van der Waals surface area (Å²) in [5, 5.41) is 6.67. The molecule has 0 radical (unpaired) electrons. The fourth-order valence-corrected chi connectivity index (χ4v) is 2.22. The van der Waals surface area contributed by atoms with Crippen LogP contribution in [0, 0.1) is 5.82 Å². The van der Waals surface area contributed by atoms with E-state index >= 15 is 0 Å². The minimum atomic E-state index is -4.52. The van der Waals surface area contributed by atoms with Crippen LogP contribution >= 0.6 is 0 Å². The number of benzene rings is 1. The molecule has 0 saturated heterocycles. The highest BCUT2D eigenvalue weighted by atomic mass is 19.4. The van der Waals surface area contributed by atoms with Gasteiger partial charge in [0.25, 0.3) is 0 Å². The van der Waals surface area contributed by atoms with Crippen molar-refractivity contribution >= 4 is 0 Å². The topological polar surface area (TPSA) is 37.9 Å². The number of H-pyrrole nitrogens is 1. The average molecular weight is 286 g/mol. The zero-order chi connectivity index (χ0) is 14.3. The van der Waals surface area contributed by atoms with Crippen LogP contribution in [-0.4, -0.2) is 16.8 Å². The molecule has 0 unspecified atom stereocenters. The first-order valence-corrected chi connectivity index (χ1v) is 5.98. The largest absolute Gasteiger partial charge is 0.416 e. The van der Waals surface area contributed by atoms with Gasteiger partial charge in [0.1, 0.15) is 11.5 Å². The first-order valence-electron chi connectivity index (χ1n) is 5.98. The second kappa shape index (κ2) is 4.59. The van der Waals surface area contributed by atoms with Crippen molar-refractivity contribution in [1.29, 1.82) is 0 Å². The zero-order valence-corrected chi connectivity index (χ0v) is 10.2. The van der Waals surface area contributed by atoms with Crippen molar-refractivity contribution in [2.24, 2.45) is 0 Å². The van der Waals surface area contributed by atoms with Crippen LogP contribution in [0.2, 0.25) is 0 Å². The second-order valence-corrected chi connectivity index (χ2v) is 4.52. The average Bonchev–Trinajstić information content (AvgIpc) is 2.82. The van der Waals surface area contributed by atoms with Gasteiger partial charge in [-0.1, -0.05) is 0 Å². The molecule has 0 atom stereocenters. The number of hydrogen-bond donors (Lipinski definition) is 1. The van der Waals surface area contributed by atoms with E-state index in [1.165, 1.54) is 0 Å². The van der Waals surface area contributed by atoms with Crippen LogP contribution in [-0.2, 0) is 23.9 Å². The molecule has 7 heteroatoms. The lowest BCUT2D eigenvalue weighted by atomic mass is 10.0. The van der Waals surface area contributed by atoms with E-state index in [1.54, 1.807) is 0 Å². The molecule has 1 aliphatic heterocycles. The Morgan fingerprint density at radius 3 is 2.80 bits per heavy atom. The molecule has 0 saturated carbocycles. The number of fused-ring (bicyclic) bond motifs is 1. The maximum absolute atomic E-state index is 13.8. The third-order valence-corrected chi connectivity index (χ3v) is 3.24. The summed E-state index contributed by atoms with van der Waals surface area (Å²) in [7, 11) is 0. The molecule has 3 rings (SSSR count). The third kappa shape index (κ3) is 2.18. The molecule has 0 bridgehead atoms. The predicted octanol–water partition coefficient (Wildman–Crippen LogP) is 3.31. The Balaban J connectivity index is 2.12. The molecule has 3 nitrogen and oxygen atoms in total. The molecule has 0 fully saturated rings. The molecule has 0 aliphatic carbocycles. The van der Waals surface area contributed by atoms with E-state index in [2.05, 4.69) is 10.2 Å². The summed E-state index contributed by atoms with van der Waals surface area (Å²) in [4.78, 5) is 0. The molecule has 106 valence electrons. The standard InChI is InChI=1S/C13H10F4N2O/c14-10-2-1-7(13(15,16)17)5-8(10)12-9-6-20-4-3-11(9)18-19-12/h1-2,5H,3-4,6H2,(H,18,19). The summed E-state index contributed by atoms with van der Waals surface area (Å²) in [6, 6.07) is 2.30. The fourth-order valence-electron chi connectivity index (χ4n) is 2.22. The summed E-state index contributed by atoms with van der Waals surface area (Å²) in [5.74, 6) is -0.738. The van der Waals surface area contributed by atoms with Gasteiger partial charge in [-0.15, -0.1) is 0 Å². The number of halogens is 4. The zero-order valence-electron chi connectivity index (χ0n) is 10.2. The Hall–Kier alpha value is -1.89. The summed E-state index contributed by atoms with van der Waals surface area (Å²) < 4.78 is 57.2. The van der Waals surface area contributed by atoms with Crippen molar-refractivity contribution in [2.75, 3.05) is 6.61 Å². The molecule has 1 aliphatic rings. The van der Waals surface area contributed by atoms with Gasteiger partial charge >= 0.3 is 6.18 Å². The maximum atomic E-state index is 13.8. The summed E-state index contributed by atoms with van der Waals surface area (Å²) >= 11 is 0. The highest BCUT2D eigenvalue weighted by Crippen LogP contribution is 2.35. The molecule has 2 aromatic rings. The summed E-state index contributed by atoms with van der Waals surface area (Å²) in [5.41, 5.74) is 0.519. The van der Waals surface area contributed by atoms with E-state index in [9.17, 15) is 17.6 Å². The third-order valence-electron chi connectivity index (χ3n) is 3.24. The Morgan fingerprint density at radius 2 is 2.05 bits per heavy atom. The quantitative estimate of drug-likeness (QED) is 0.817. The van der Waals surface area contributed by atoms with Crippen molar-refractivity contribution in [3.8, 4) is 11.3 Å². The van der Waals surface area contributed by atoms with Crippen LogP contribution in [0.25, 0.3) is 11.3 Å². The van der Waals surface area contributed by atoms with Crippen LogP contribution in [0.15, 0.2) is 18.2 Å². The number of aromatic amines is 1. The van der Waals surface area contributed by atoms with Gasteiger partial charge in [0.2, 0.25) is 0 Å². The molecular weight excluding hydrogens is 276 g/mol. The molecule has 0 spiro atoms. The summed E-state index contributed by atoms with van der Waals surface area (Å²) in [6.07, 6.45) is -3.93. The number of hydrogen-bond acceptors (Lipinski definition) is 2. The number of nitrogens with one attached hydrogen (secondary N) is 1. The van der Waals surface area contributed by atoms with Crippen molar-refractivity contribution in [3.63, 3.8) is 0 Å². The molecule has 0 amide bonds. The van der Waals surface area contributed by atoms with Crippen LogP contribution < -0.4 is 0 Å². The fraction of sp³-hybridized carbons (Fsp3) is 0.308. The van der Waals surface area contributed by atoms with Crippen LogP contribution in [0.1, 0.15) is 16.8 Å². The normalized spacial score (nSPS) is 15.2. The monoisotopic (exact) mass is 286 g/mol. The first-order chi connectivity index (χ1) is 9.47. The predicted molar refractivity (Wildman–Crippen MR) is 62.3 cm³/mol. The molecule has 1 aromatic heterocycles. The summed E-state index contributed by atoms with van der Waals surface area (Å²) in [6.45, 7) is 0.733. The van der Waals surface area contributed by atoms with Crippen LogP contribution in [0.5, 0.6) is 0 Å². The van der Waals surface area contributed by atoms with E-state index in [1.807, 2.05) is 0 Å². The first kappa shape index (κ1) is 13.1. The van der Waals surface area contributed by atoms with Crippen LogP contribution in [0.3, 0.4) is 0 Å². The number of nitrogens with zero attached hydrogens (tertiary/aromatic N) is 1. The van der Waals surface area contributed by atoms with Gasteiger partial charge in [0, 0.05) is 23.2 Å². The highest BCUT2D eigenvalue weighted by Gasteiger charge is 2.32. The van der Waals surface area contributed by atoms with E-state index in [4.69, 9.17) is 4.74 Å². The lowest BCUT2D eigenvalue weighted by Gasteiger charge is -2.13. The lowest BCUT2D eigenvalue weighted by molar-refractivity contribution is -0.137. The van der Waals surface area contributed by atoms with Gasteiger partial charge in [-0.25, -0.2) is 4.39 Å². The van der Waals surface area contributed by atoms with E-state index in [-0.39, 0.29) is 17.9 Å². The van der Waals surface area contributed by atoms with Crippen molar-refractivity contribution in [2.45, 2.75) is 19.2 Å². The van der Waals surface area contributed by atoms with E-state index < -0.39 is 17.6 Å². The molecule has 1 aromatic carbocycles. The smallest absolute Gasteiger partial charge is 0.376 e. The molecule has 1 N–H and O–H groups in total. The van der Waals surface area contributed by atoms with E-state index in [0.717, 1.165) is 17.8 Å². The molecule has 20 heavy (non-hydrogen) atoms. The highest BCUT2D eigenvalue weighted by molar-refractivity contribution is 5.65. The Labute approximate surface area is 111 Å². The van der Waals surface area contributed by atoms with Gasteiger partial charge in [-0.05, 0) is 18.2 Å². The van der Waals surface area contributed by atoms with Crippen LogP contribution in [0.4, 0.5) is 17.6 Å². The number of ether oxygens (including phenoxy) is 1. The Morgan fingerprint density at radius 1 is 1.25 bits per heavy atom. The van der Waals surface area contributed by atoms with Gasteiger partial charge in [0.05, 0.1) is 18.8 Å². The van der Waals surface area contributed by atoms with Gasteiger partial charge in [0.15, 0.2) is 0 Å². The van der Waals surface area contributed by atoms with Crippen molar-refractivity contribution in [1.82, 2.24) is 10.2 Å². The lowest BCUT2D eigenvalue weighted by Crippen LogP contribution is -2.09. The molecule has 2 heterocycles. The SMILES string of the molecule is Fc1ccc(C(F)(F)F)cc1-c1n[nH]c2c1COCC2. The molecular formula is C13H10F4N2O.